The third-order valence-electron chi connectivity index (χ3n) is 15.4. The summed E-state index contributed by atoms with van der Waals surface area (Å²) in [5, 5.41) is 25.2. The molecular weight excluding hydrogens is 556 g/mol. The van der Waals surface area contributed by atoms with Gasteiger partial charge in [-0.2, -0.15) is 0 Å². The number of Topliss-reactive ketones (excluding diaryl/α,β-unsaturated/α-hetero) is 1. The molecule has 8 atom stereocenters. The minimum absolute atomic E-state index is 0.0399. The summed E-state index contributed by atoms with van der Waals surface area (Å²) in [6.45, 7) is 7.42. The molecule has 4 fully saturated rings. The first kappa shape index (κ1) is 29.0. The summed E-state index contributed by atoms with van der Waals surface area (Å²) >= 11 is 0. The molecule has 1 aromatic carbocycles. The van der Waals surface area contributed by atoms with Gasteiger partial charge in [0.1, 0.15) is 0 Å². The van der Waals surface area contributed by atoms with Crippen LogP contribution in [-0.4, -0.2) is 50.7 Å². The average Bonchev–Trinajstić information content (AvgIpc) is 3.54. The monoisotopic (exact) mass is 608 g/mol. The van der Waals surface area contributed by atoms with Gasteiger partial charge in [0.25, 0.3) is 0 Å². The fourth-order valence-corrected chi connectivity index (χ4v) is 13.0. The molecule has 5 heteroatoms. The van der Waals surface area contributed by atoms with E-state index < -0.39 is 5.60 Å². The van der Waals surface area contributed by atoms with E-state index in [1.165, 1.54) is 28.6 Å². The van der Waals surface area contributed by atoms with Crippen LogP contribution in [-0.2, 0) is 17.8 Å². The van der Waals surface area contributed by atoms with Crippen molar-refractivity contribution in [1.82, 2.24) is 9.88 Å². The van der Waals surface area contributed by atoms with Crippen LogP contribution >= 0.6 is 0 Å². The number of aromatic nitrogens is 1. The van der Waals surface area contributed by atoms with Crippen molar-refractivity contribution in [2.45, 2.75) is 116 Å². The van der Waals surface area contributed by atoms with Gasteiger partial charge < -0.3 is 15.2 Å². The Morgan fingerprint density at radius 3 is 2.56 bits per heavy atom. The molecule has 0 saturated heterocycles. The predicted molar refractivity (Wildman–Crippen MR) is 177 cm³/mol. The maximum absolute atomic E-state index is 14.8. The van der Waals surface area contributed by atoms with Gasteiger partial charge in [-0.05, 0) is 93.1 Å². The number of nitrogens with one attached hydrogen (secondary N) is 1. The molecule has 45 heavy (non-hydrogen) atoms. The molecular formula is C40H52N2O3. The van der Waals surface area contributed by atoms with Crippen LogP contribution < -0.4 is 0 Å². The number of H-pyrrole nitrogens is 1. The summed E-state index contributed by atoms with van der Waals surface area (Å²) in [6, 6.07) is 8.65. The summed E-state index contributed by atoms with van der Waals surface area (Å²) in [7, 11) is 0. The number of aliphatic hydroxyl groups is 2. The Morgan fingerprint density at radius 1 is 0.956 bits per heavy atom. The van der Waals surface area contributed by atoms with Gasteiger partial charge in [0, 0.05) is 64.0 Å². The van der Waals surface area contributed by atoms with Crippen molar-refractivity contribution in [2.75, 3.05) is 13.1 Å². The van der Waals surface area contributed by atoms with Crippen molar-refractivity contribution < 1.29 is 15.0 Å². The lowest BCUT2D eigenvalue weighted by atomic mass is 9.32. The van der Waals surface area contributed by atoms with E-state index in [0.29, 0.717) is 18.2 Å². The molecule has 2 bridgehead atoms. The van der Waals surface area contributed by atoms with E-state index in [0.717, 1.165) is 95.7 Å². The number of benzene rings is 1. The number of β-amino-alcohol motifs (C(OH)–C–C–N with tert-alkyl or cyclic N) is 1. The number of carbonyl (C=O) groups excluding carboxylic acids is 1. The third-order valence-corrected chi connectivity index (χ3v) is 15.4. The molecule has 0 radical (unpaired) electrons. The van der Waals surface area contributed by atoms with Crippen LogP contribution in [0.15, 0.2) is 48.1 Å². The molecule has 10 rings (SSSR count). The highest BCUT2D eigenvalue weighted by Gasteiger charge is 2.74. The number of nitrogens with zero attached hydrogens (tertiary/aromatic N) is 1. The van der Waals surface area contributed by atoms with E-state index in [1.807, 2.05) is 0 Å². The molecule has 0 amide bonds. The normalized spacial score (nSPS) is 44.3. The summed E-state index contributed by atoms with van der Waals surface area (Å²) < 4.78 is 0. The molecule has 1 unspecified atom stereocenters. The molecule has 2 spiro atoms. The van der Waals surface area contributed by atoms with Crippen molar-refractivity contribution in [3.05, 3.63) is 59.3 Å². The largest absolute Gasteiger partial charge is 0.393 e. The van der Waals surface area contributed by atoms with Crippen molar-refractivity contribution in [1.29, 1.82) is 0 Å². The lowest BCUT2D eigenvalue weighted by molar-refractivity contribution is -0.180. The Kier molecular flexibility index (Phi) is 6.23. The molecule has 5 nitrogen and oxygen atoms in total. The third kappa shape index (κ3) is 3.70. The average molecular weight is 609 g/mol. The molecule has 2 aromatic rings. The number of allylic oxidation sites excluding steroid dienone is 4. The van der Waals surface area contributed by atoms with E-state index in [2.05, 4.69) is 66.2 Å². The summed E-state index contributed by atoms with van der Waals surface area (Å²) in [6.07, 6.45) is 20.1. The summed E-state index contributed by atoms with van der Waals surface area (Å²) in [5.74, 6) is 1.18. The zero-order valence-electron chi connectivity index (χ0n) is 27.4. The second kappa shape index (κ2) is 9.67. The molecule has 240 valence electrons. The topological polar surface area (TPSA) is 76.6 Å². The second-order valence-electron chi connectivity index (χ2n) is 17.1. The Balaban J connectivity index is 1.08. The van der Waals surface area contributed by atoms with Crippen LogP contribution in [0.2, 0.25) is 0 Å². The summed E-state index contributed by atoms with van der Waals surface area (Å²) in [4.78, 5) is 21.0. The predicted octanol–water partition coefficient (Wildman–Crippen LogP) is 7.27. The molecule has 8 aliphatic rings. The van der Waals surface area contributed by atoms with Gasteiger partial charge in [-0.1, -0.05) is 69.5 Å². The SMILES string of the molecule is C[C@]12CC[C@H]3[C@]4(C=C[C@@]5(C=C4C(=O)C4CCCCC4)CC(O)CC[C@]35C)[C@@H]1CC[C@@]2(O)CN1CCc2c([nH]c3ccccc23)C1. The quantitative estimate of drug-likeness (QED) is 0.319. The van der Waals surface area contributed by atoms with Gasteiger partial charge in [0.2, 0.25) is 0 Å². The number of fused-ring (bicyclic) bond motifs is 4. The zero-order chi connectivity index (χ0) is 30.8. The van der Waals surface area contributed by atoms with E-state index in [9.17, 15) is 15.0 Å². The standard InChI is InChI=1S/C40H52N2O3/c1-36-16-12-27(43)22-38(36)19-20-40(30(23-38)35(44)26-8-4-3-5-9-26)33(36)13-17-37(2)34(40)14-18-39(37,45)25-42-21-15-29-28-10-6-7-11-31(28)41-32(29)24-42/h6-7,10-11,19-20,23,26-27,33-34,41,43,45H,3-5,8-9,12-18,21-22,24-25H2,1-2H3/t27?,33-,34-,36-,37+,38+,39-,40-/m1/s1. The number of hydrogen-bond donors (Lipinski definition) is 3. The number of aromatic amines is 1. The Bertz CT molecular complexity index is 1620. The maximum Gasteiger partial charge on any atom is 0.162 e. The van der Waals surface area contributed by atoms with Crippen LogP contribution in [0.5, 0.6) is 0 Å². The number of rotatable bonds is 4. The minimum atomic E-state index is -0.788. The van der Waals surface area contributed by atoms with Crippen molar-refractivity contribution in [3.8, 4) is 0 Å². The van der Waals surface area contributed by atoms with Gasteiger partial charge in [0.15, 0.2) is 5.78 Å². The smallest absolute Gasteiger partial charge is 0.162 e. The van der Waals surface area contributed by atoms with Crippen molar-refractivity contribution >= 4 is 16.7 Å². The molecule has 3 N–H and O–H groups in total. The van der Waals surface area contributed by atoms with Crippen LogP contribution in [0, 0.1) is 39.4 Å². The number of ketones is 1. The van der Waals surface area contributed by atoms with E-state index >= 15 is 0 Å². The highest BCUT2D eigenvalue weighted by molar-refractivity contribution is 6.00. The van der Waals surface area contributed by atoms with Crippen LogP contribution in [0.1, 0.15) is 102 Å². The lowest BCUT2D eigenvalue weighted by Gasteiger charge is -2.71. The van der Waals surface area contributed by atoms with Crippen molar-refractivity contribution in [2.24, 2.45) is 39.4 Å². The van der Waals surface area contributed by atoms with E-state index in [4.69, 9.17) is 0 Å². The van der Waals surface area contributed by atoms with Crippen LogP contribution in [0.4, 0.5) is 0 Å². The first-order valence-electron chi connectivity index (χ1n) is 18.3. The van der Waals surface area contributed by atoms with Crippen LogP contribution in [0.25, 0.3) is 10.9 Å². The Morgan fingerprint density at radius 2 is 1.71 bits per heavy atom. The molecule has 7 aliphatic carbocycles. The van der Waals surface area contributed by atoms with Crippen LogP contribution in [0.3, 0.4) is 0 Å². The van der Waals surface area contributed by atoms with E-state index in [-0.39, 0.29) is 39.6 Å². The number of aliphatic hydroxyl groups excluding tert-OH is 1. The molecule has 1 aromatic heterocycles. The number of para-hydroxylation sites is 1. The van der Waals surface area contributed by atoms with Gasteiger partial charge in [-0.25, -0.2) is 0 Å². The highest BCUT2D eigenvalue weighted by atomic mass is 16.3. The molecule has 4 saturated carbocycles. The second-order valence-corrected chi connectivity index (χ2v) is 17.1. The van der Waals surface area contributed by atoms with Gasteiger partial charge in [0.05, 0.1) is 11.7 Å². The number of hydrogen-bond acceptors (Lipinski definition) is 4. The Labute approximate surface area is 268 Å². The van der Waals surface area contributed by atoms with Gasteiger partial charge in [-0.3, -0.25) is 9.69 Å². The fraction of sp³-hybridized carbons (Fsp3) is 0.675. The van der Waals surface area contributed by atoms with Crippen molar-refractivity contribution in [3.63, 3.8) is 0 Å². The van der Waals surface area contributed by atoms with E-state index in [1.54, 1.807) is 0 Å². The molecule has 2 heterocycles. The first-order valence-corrected chi connectivity index (χ1v) is 18.3. The fourth-order valence-electron chi connectivity index (χ4n) is 13.0. The maximum atomic E-state index is 14.8. The zero-order valence-corrected chi connectivity index (χ0v) is 27.4. The van der Waals surface area contributed by atoms with Gasteiger partial charge >= 0.3 is 0 Å². The minimum Gasteiger partial charge on any atom is -0.393 e. The number of carbonyl (C=O) groups is 1. The lowest BCUT2D eigenvalue weighted by Crippen LogP contribution is -2.67. The summed E-state index contributed by atoms with van der Waals surface area (Å²) in [5.41, 5.74) is 3.52. The Hall–Kier alpha value is -2.21. The van der Waals surface area contributed by atoms with Gasteiger partial charge in [-0.15, -0.1) is 0 Å². The molecule has 1 aliphatic heterocycles. The first-order chi connectivity index (χ1) is 21.6. The highest BCUT2D eigenvalue weighted by Crippen LogP contribution is 2.78.